The monoisotopic (exact) mass is 413 g/mol. The maximum atomic E-state index is 12.9. The Labute approximate surface area is 166 Å². The standard InChI is InChI=1S/C20H16FN3O4S/c21-15-5-9-17(10-6-15)24-29(27,28)18-11-3-14(4-12-18)20(26)23-16-7-1-13(2-8-16)19(22)25/h1-12,24H,(H2,22,25)(H,23,26). The number of benzene rings is 3. The number of halogens is 1. The second-order valence-electron chi connectivity index (χ2n) is 6.03. The predicted molar refractivity (Wildman–Crippen MR) is 107 cm³/mol. The van der Waals surface area contributed by atoms with Gasteiger partial charge in [0, 0.05) is 22.5 Å². The minimum Gasteiger partial charge on any atom is -0.366 e. The molecule has 0 radical (unpaired) electrons. The third-order valence-corrected chi connectivity index (χ3v) is 5.35. The molecule has 0 aliphatic heterocycles. The molecule has 7 nitrogen and oxygen atoms in total. The van der Waals surface area contributed by atoms with E-state index in [9.17, 15) is 22.4 Å². The van der Waals surface area contributed by atoms with Crippen LogP contribution in [0.25, 0.3) is 0 Å². The summed E-state index contributed by atoms with van der Waals surface area (Å²) in [6, 6.07) is 16.2. The highest BCUT2D eigenvalue weighted by Crippen LogP contribution is 2.18. The Balaban J connectivity index is 1.70. The predicted octanol–water partition coefficient (Wildman–Crippen LogP) is 2.98. The van der Waals surface area contributed by atoms with E-state index in [0.29, 0.717) is 11.3 Å². The summed E-state index contributed by atoms with van der Waals surface area (Å²) >= 11 is 0. The number of carbonyl (C=O) groups is 2. The van der Waals surface area contributed by atoms with Crippen molar-refractivity contribution < 1.29 is 22.4 Å². The topological polar surface area (TPSA) is 118 Å². The molecule has 148 valence electrons. The molecule has 0 saturated heterocycles. The summed E-state index contributed by atoms with van der Waals surface area (Å²) in [5, 5.41) is 2.64. The molecule has 29 heavy (non-hydrogen) atoms. The van der Waals surface area contributed by atoms with E-state index in [-0.39, 0.29) is 16.1 Å². The van der Waals surface area contributed by atoms with Crippen LogP contribution in [-0.4, -0.2) is 20.2 Å². The van der Waals surface area contributed by atoms with Crippen molar-refractivity contribution in [3.05, 3.63) is 89.7 Å². The number of primary amides is 1. The summed E-state index contributed by atoms with van der Waals surface area (Å²) in [7, 11) is -3.89. The highest BCUT2D eigenvalue weighted by atomic mass is 32.2. The van der Waals surface area contributed by atoms with Crippen molar-refractivity contribution in [2.24, 2.45) is 5.73 Å². The molecule has 0 saturated carbocycles. The van der Waals surface area contributed by atoms with Crippen LogP contribution in [0.1, 0.15) is 20.7 Å². The molecule has 0 aromatic heterocycles. The minimum atomic E-state index is -3.89. The van der Waals surface area contributed by atoms with Crippen molar-refractivity contribution in [3.63, 3.8) is 0 Å². The van der Waals surface area contributed by atoms with E-state index in [1.165, 1.54) is 60.7 Å². The third-order valence-electron chi connectivity index (χ3n) is 3.95. The molecule has 0 spiro atoms. The summed E-state index contributed by atoms with van der Waals surface area (Å²) in [5.41, 5.74) is 6.38. The van der Waals surface area contributed by atoms with Gasteiger partial charge in [0.2, 0.25) is 5.91 Å². The van der Waals surface area contributed by atoms with Gasteiger partial charge >= 0.3 is 0 Å². The first-order chi connectivity index (χ1) is 13.7. The molecular formula is C20H16FN3O4S. The highest BCUT2D eigenvalue weighted by molar-refractivity contribution is 7.92. The Kier molecular flexibility index (Phi) is 5.60. The first-order valence-corrected chi connectivity index (χ1v) is 9.82. The van der Waals surface area contributed by atoms with Gasteiger partial charge in [-0.3, -0.25) is 14.3 Å². The number of hydrogen-bond donors (Lipinski definition) is 3. The molecule has 0 heterocycles. The molecule has 3 rings (SSSR count). The van der Waals surface area contributed by atoms with E-state index >= 15 is 0 Å². The van der Waals surface area contributed by atoms with Crippen molar-refractivity contribution in [2.45, 2.75) is 4.90 Å². The normalized spacial score (nSPS) is 10.9. The van der Waals surface area contributed by atoms with E-state index in [1.54, 1.807) is 0 Å². The lowest BCUT2D eigenvalue weighted by Gasteiger charge is -2.09. The summed E-state index contributed by atoms with van der Waals surface area (Å²) in [6.07, 6.45) is 0. The lowest BCUT2D eigenvalue weighted by atomic mass is 10.2. The van der Waals surface area contributed by atoms with Crippen molar-refractivity contribution in [3.8, 4) is 0 Å². The smallest absolute Gasteiger partial charge is 0.261 e. The van der Waals surface area contributed by atoms with Crippen LogP contribution in [0.15, 0.2) is 77.7 Å². The first-order valence-electron chi connectivity index (χ1n) is 8.34. The number of hydrogen-bond acceptors (Lipinski definition) is 4. The van der Waals surface area contributed by atoms with Gasteiger partial charge in [-0.2, -0.15) is 0 Å². The van der Waals surface area contributed by atoms with Crippen LogP contribution in [0.5, 0.6) is 0 Å². The number of carbonyl (C=O) groups excluding carboxylic acids is 2. The van der Waals surface area contributed by atoms with Gasteiger partial charge in [0.05, 0.1) is 4.90 Å². The van der Waals surface area contributed by atoms with Gasteiger partial charge in [0.1, 0.15) is 5.82 Å². The quantitative estimate of drug-likeness (QED) is 0.576. The maximum absolute atomic E-state index is 12.9. The number of anilines is 2. The van der Waals surface area contributed by atoms with Gasteiger partial charge in [-0.25, -0.2) is 12.8 Å². The molecule has 0 aliphatic carbocycles. The Bertz CT molecular complexity index is 1140. The van der Waals surface area contributed by atoms with Crippen molar-refractivity contribution >= 4 is 33.2 Å². The summed E-state index contributed by atoms with van der Waals surface area (Å²) < 4.78 is 40.1. The molecule has 2 amide bonds. The van der Waals surface area contributed by atoms with Gasteiger partial charge < -0.3 is 11.1 Å². The Morgan fingerprint density at radius 3 is 1.83 bits per heavy atom. The second kappa shape index (κ2) is 8.11. The van der Waals surface area contributed by atoms with E-state index in [0.717, 1.165) is 12.1 Å². The van der Waals surface area contributed by atoms with Crippen molar-refractivity contribution in [2.75, 3.05) is 10.0 Å². The Morgan fingerprint density at radius 2 is 1.28 bits per heavy atom. The molecule has 9 heteroatoms. The number of sulfonamides is 1. The van der Waals surface area contributed by atoms with Gasteiger partial charge in [-0.1, -0.05) is 0 Å². The van der Waals surface area contributed by atoms with Crippen LogP contribution >= 0.6 is 0 Å². The van der Waals surface area contributed by atoms with Gasteiger partial charge in [-0.15, -0.1) is 0 Å². The van der Waals surface area contributed by atoms with Crippen molar-refractivity contribution in [1.29, 1.82) is 0 Å². The molecule has 3 aromatic rings. The number of amides is 2. The van der Waals surface area contributed by atoms with Crippen LogP contribution in [0.3, 0.4) is 0 Å². The molecule has 3 aromatic carbocycles. The molecule has 0 atom stereocenters. The lowest BCUT2D eigenvalue weighted by molar-refractivity contribution is 0.0998. The third kappa shape index (κ3) is 4.96. The summed E-state index contributed by atoms with van der Waals surface area (Å²) in [4.78, 5) is 23.3. The van der Waals surface area contributed by atoms with Crippen LogP contribution in [0.2, 0.25) is 0 Å². The molecule has 0 aliphatic rings. The Morgan fingerprint density at radius 1 is 0.759 bits per heavy atom. The first kappa shape index (κ1) is 20.0. The van der Waals surface area contributed by atoms with Crippen LogP contribution in [0.4, 0.5) is 15.8 Å². The fourth-order valence-corrected chi connectivity index (χ4v) is 3.50. The summed E-state index contributed by atoms with van der Waals surface area (Å²) in [6.45, 7) is 0. The van der Waals surface area contributed by atoms with E-state index < -0.39 is 27.7 Å². The molecule has 0 bridgehead atoms. The number of nitrogens with one attached hydrogen (secondary N) is 2. The highest BCUT2D eigenvalue weighted by Gasteiger charge is 2.15. The molecule has 0 fully saturated rings. The largest absolute Gasteiger partial charge is 0.366 e. The van der Waals surface area contributed by atoms with Crippen LogP contribution < -0.4 is 15.8 Å². The van der Waals surface area contributed by atoms with Crippen LogP contribution in [0, 0.1) is 5.82 Å². The fourth-order valence-electron chi connectivity index (χ4n) is 2.44. The van der Waals surface area contributed by atoms with Crippen LogP contribution in [-0.2, 0) is 10.0 Å². The van der Waals surface area contributed by atoms with Gasteiger partial charge in [-0.05, 0) is 72.8 Å². The average molecular weight is 413 g/mol. The summed E-state index contributed by atoms with van der Waals surface area (Å²) in [5.74, 6) is -1.51. The van der Waals surface area contributed by atoms with E-state index in [2.05, 4.69) is 10.0 Å². The second-order valence-corrected chi connectivity index (χ2v) is 7.71. The molecule has 0 unspecified atom stereocenters. The average Bonchev–Trinajstić information content (AvgIpc) is 2.70. The van der Waals surface area contributed by atoms with Gasteiger partial charge in [0.25, 0.3) is 15.9 Å². The Hall–Kier alpha value is -3.72. The van der Waals surface area contributed by atoms with E-state index in [4.69, 9.17) is 5.73 Å². The zero-order chi connectivity index (χ0) is 21.0. The lowest BCUT2D eigenvalue weighted by Crippen LogP contribution is -2.15. The minimum absolute atomic E-state index is 0.0517. The van der Waals surface area contributed by atoms with E-state index in [1.807, 2.05) is 0 Å². The molecule has 4 N–H and O–H groups in total. The molecular weight excluding hydrogens is 397 g/mol. The maximum Gasteiger partial charge on any atom is 0.261 e. The fraction of sp³-hybridized carbons (Fsp3) is 0. The van der Waals surface area contributed by atoms with Gasteiger partial charge in [0.15, 0.2) is 0 Å². The zero-order valence-electron chi connectivity index (χ0n) is 14.9. The number of nitrogens with two attached hydrogens (primary N) is 1. The van der Waals surface area contributed by atoms with Crippen molar-refractivity contribution in [1.82, 2.24) is 0 Å². The zero-order valence-corrected chi connectivity index (χ0v) is 15.7. The number of rotatable bonds is 6. The SMILES string of the molecule is NC(=O)c1ccc(NC(=O)c2ccc(S(=O)(=O)Nc3ccc(F)cc3)cc2)cc1.